The molecule has 0 saturated carbocycles. The third-order valence-corrected chi connectivity index (χ3v) is 3.28. The molecule has 2 N–H and O–H groups in total. The lowest BCUT2D eigenvalue weighted by atomic mass is 9.95. The van der Waals surface area contributed by atoms with Gasteiger partial charge in [-0.1, -0.05) is 32.4 Å². The average molecular weight is 239 g/mol. The van der Waals surface area contributed by atoms with Gasteiger partial charge in [-0.3, -0.25) is 0 Å². The zero-order chi connectivity index (χ0) is 11.9. The van der Waals surface area contributed by atoms with Crippen LogP contribution in [0.1, 0.15) is 32.4 Å². The summed E-state index contributed by atoms with van der Waals surface area (Å²) in [6.07, 6.45) is 1.65. The van der Waals surface area contributed by atoms with Gasteiger partial charge in [0.25, 0.3) is 0 Å². The quantitative estimate of drug-likeness (QED) is 0.875. The van der Waals surface area contributed by atoms with E-state index in [1.54, 1.807) is 10.7 Å². The first-order chi connectivity index (χ1) is 7.50. The van der Waals surface area contributed by atoms with Gasteiger partial charge in [-0.2, -0.15) is 0 Å². The normalized spacial score (nSPS) is 13.6. The molecular weight excluding hydrogens is 224 g/mol. The fourth-order valence-corrected chi connectivity index (χ4v) is 1.90. The third kappa shape index (κ3) is 1.73. The summed E-state index contributed by atoms with van der Waals surface area (Å²) in [4.78, 5) is 3.95. The Balaban J connectivity index is 2.66. The number of nitrogen functional groups attached to an aromatic ring is 1. The van der Waals surface area contributed by atoms with Crippen molar-refractivity contribution >= 4 is 23.1 Å². The Morgan fingerprint density at radius 1 is 1.38 bits per heavy atom. The molecule has 16 heavy (non-hydrogen) atoms. The molecule has 0 aliphatic carbocycles. The summed E-state index contributed by atoms with van der Waals surface area (Å²) in [6.45, 7) is 6.49. The minimum absolute atomic E-state index is 0.261. The van der Waals surface area contributed by atoms with Gasteiger partial charge in [-0.05, 0) is 12.0 Å². The first-order valence-corrected chi connectivity index (χ1v) is 5.68. The van der Waals surface area contributed by atoms with E-state index in [-0.39, 0.29) is 5.95 Å². The molecule has 86 valence electrons. The monoisotopic (exact) mass is 238 g/mol. The molecule has 1 atom stereocenters. The molecule has 2 heterocycles. The van der Waals surface area contributed by atoms with Gasteiger partial charge in [0, 0.05) is 11.6 Å². The van der Waals surface area contributed by atoms with E-state index in [0.29, 0.717) is 16.9 Å². The molecule has 2 rings (SSSR count). The number of anilines is 1. The summed E-state index contributed by atoms with van der Waals surface area (Å²) < 4.78 is 1.79. The Kier molecular flexibility index (Phi) is 2.76. The molecule has 0 aromatic carbocycles. The lowest BCUT2D eigenvalue weighted by molar-refractivity contribution is 0.514. The second-order valence-corrected chi connectivity index (χ2v) is 4.77. The predicted octanol–water partition coefficient (Wildman–Crippen LogP) is 2.72. The predicted molar refractivity (Wildman–Crippen MR) is 65.7 cm³/mol. The van der Waals surface area contributed by atoms with Crippen molar-refractivity contribution < 1.29 is 0 Å². The van der Waals surface area contributed by atoms with Gasteiger partial charge in [-0.15, -0.1) is 5.10 Å². The Hall–Kier alpha value is -1.29. The lowest BCUT2D eigenvalue weighted by Crippen LogP contribution is -2.09. The van der Waals surface area contributed by atoms with Crippen molar-refractivity contribution in [3.05, 3.63) is 23.0 Å². The van der Waals surface area contributed by atoms with E-state index < -0.39 is 0 Å². The maximum Gasteiger partial charge on any atom is 0.238 e. The van der Waals surface area contributed by atoms with Crippen LogP contribution in [0.3, 0.4) is 0 Å². The molecule has 0 aliphatic heterocycles. The van der Waals surface area contributed by atoms with Gasteiger partial charge >= 0.3 is 0 Å². The second-order valence-electron chi connectivity index (χ2n) is 4.36. The minimum atomic E-state index is 0.261. The van der Waals surface area contributed by atoms with Gasteiger partial charge in [0.05, 0.1) is 11.2 Å². The van der Waals surface area contributed by atoms with Crippen molar-refractivity contribution in [2.24, 2.45) is 5.92 Å². The fourth-order valence-electron chi connectivity index (χ4n) is 1.65. The average Bonchev–Trinajstić information content (AvgIpc) is 2.54. The maximum atomic E-state index is 6.14. The van der Waals surface area contributed by atoms with Gasteiger partial charge in [0.2, 0.25) is 5.95 Å². The van der Waals surface area contributed by atoms with E-state index >= 15 is 0 Å². The van der Waals surface area contributed by atoms with Crippen LogP contribution in [0.2, 0.25) is 5.02 Å². The number of fused-ring (bicyclic) bond motifs is 1. The van der Waals surface area contributed by atoms with Gasteiger partial charge in [-0.25, -0.2) is 9.50 Å². The van der Waals surface area contributed by atoms with Gasteiger partial charge < -0.3 is 5.73 Å². The first-order valence-electron chi connectivity index (χ1n) is 5.30. The molecule has 0 fully saturated rings. The third-order valence-electron chi connectivity index (χ3n) is 2.98. The fraction of sp³-hybridized carbons (Fsp3) is 0.455. The number of hydrogen-bond acceptors (Lipinski definition) is 3. The number of hydrogen-bond donors (Lipinski definition) is 1. The van der Waals surface area contributed by atoms with Crippen LogP contribution in [0.4, 0.5) is 5.95 Å². The highest BCUT2D eigenvalue weighted by Crippen LogP contribution is 2.29. The van der Waals surface area contributed by atoms with Crippen LogP contribution < -0.4 is 5.73 Å². The maximum absolute atomic E-state index is 6.14. The van der Waals surface area contributed by atoms with Crippen LogP contribution in [0.15, 0.2) is 12.3 Å². The van der Waals surface area contributed by atoms with E-state index in [4.69, 9.17) is 17.3 Å². The minimum Gasteiger partial charge on any atom is -0.367 e. The van der Waals surface area contributed by atoms with Crippen LogP contribution in [-0.4, -0.2) is 14.6 Å². The standard InChI is InChI=1S/C11H15ClN4/c1-6(2)7(3)9-4-8(12)10-5-14-11(13)15-16(9)10/h4-7H,1-3H3,(H2,13,15). The van der Waals surface area contributed by atoms with Gasteiger partial charge in [0.1, 0.15) is 5.52 Å². The van der Waals surface area contributed by atoms with Crippen molar-refractivity contribution in [2.45, 2.75) is 26.7 Å². The van der Waals surface area contributed by atoms with E-state index in [1.165, 1.54) is 0 Å². The lowest BCUT2D eigenvalue weighted by Gasteiger charge is -2.14. The Bertz CT molecular complexity index is 518. The Labute approximate surface area is 99.4 Å². The highest BCUT2D eigenvalue weighted by Gasteiger charge is 2.17. The SMILES string of the molecule is CC(C)C(C)c1cc(Cl)c2cnc(N)nn12. The summed E-state index contributed by atoms with van der Waals surface area (Å²) in [5, 5.41) is 4.87. The Morgan fingerprint density at radius 3 is 2.69 bits per heavy atom. The summed E-state index contributed by atoms with van der Waals surface area (Å²) in [5.41, 5.74) is 7.47. The number of nitrogens with zero attached hydrogens (tertiary/aromatic N) is 3. The van der Waals surface area contributed by atoms with E-state index in [2.05, 4.69) is 30.9 Å². The van der Waals surface area contributed by atoms with Crippen molar-refractivity contribution in [3.63, 3.8) is 0 Å². The topological polar surface area (TPSA) is 56.2 Å². The molecular formula is C11H15ClN4. The molecule has 2 aromatic heterocycles. The smallest absolute Gasteiger partial charge is 0.238 e. The first kappa shape index (κ1) is 11.2. The molecule has 0 amide bonds. The van der Waals surface area contributed by atoms with Crippen LogP contribution in [-0.2, 0) is 0 Å². The van der Waals surface area contributed by atoms with Crippen molar-refractivity contribution in [1.82, 2.24) is 14.6 Å². The van der Waals surface area contributed by atoms with Crippen molar-refractivity contribution in [3.8, 4) is 0 Å². The number of nitrogens with two attached hydrogens (primary N) is 1. The zero-order valence-electron chi connectivity index (χ0n) is 9.61. The number of aromatic nitrogens is 3. The molecule has 0 saturated heterocycles. The van der Waals surface area contributed by atoms with Crippen molar-refractivity contribution in [2.75, 3.05) is 5.73 Å². The number of rotatable bonds is 2. The van der Waals surface area contributed by atoms with Crippen LogP contribution in [0.25, 0.3) is 5.52 Å². The van der Waals surface area contributed by atoms with E-state index in [0.717, 1.165) is 11.2 Å². The van der Waals surface area contributed by atoms with Crippen molar-refractivity contribution in [1.29, 1.82) is 0 Å². The summed E-state index contributed by atoms with van der Waals surface area (Å²) in [6, 6.07) is 1.94. The second kappa shape index (κ2) is 3.94. The van der Waals surface area contributed by atoms with Gasteiger partial charge in [0.15, 0.2) is 0 Å². The molecule has 4 nitrogen and oxygen atoms in total. The summed E-state index contributed by atoms with van der Waals surface area (Å²) in [7, 11) is 0. The largest absolute Gasteiger partial charge is 0.367 e. The molecule has 0 spiro atoms. The molecule has 0 aliphatic rings. The summed E-state index contributed by atoms with van der Waals surface area (Å²) in [5.74, 6) is 1.15. The van der Waals surface area contributed by atoms with E-state index in [1.807, 2.05) is 6.07 Å². The van der Waals surface area contributed by atoms with Crippen LogP contribution in [0, 0.1) is 5.92 Å². The molecule has 0 radical (unpaired) electrons. The highest BCUT2D eigenvalue weighted by molar-refractivity contribution is 6.34. The molecule has 2 aromatic rings. The molecule has 5 heteroatoms. The van der Waals surface area contributed by atoms with E-state index in [9.17, 15) is 0 Å². The highest BCUT2D eigenvalue weighted by atomic mass is 35.5. The zero-order valence-corrected chi connectivity index (χ0v) is 10.4. The molecule has 1 unspecified atom stereocenters. The van der Waals surface area contributed by atoms with Crippen LogP contribution in [0.5, 0.6) is 0 Å². The van der Waals surface area contributed by atoms with Crippen LogP contribution >= 0.6 is 11.6 Å². The summed E-state index contributed by atoms with van der Waals surface area (Å²) >= 11 is 6.14. The molecule has 0 bridgehead atoms. The Morgan fingerprint density at radius 2 is 2.06 bits per heavy atom. The number of halogens is 1.